The van der Waals surface area contributed by atoms with Crippen LogP contribution in [0.2, 0.25) is 0 Å². The van der Waals surface area contributed by atoms with Crippen molar-refractivity contribution < 1.29 is 9.59 Å². The van der Waals surface area contributed by atoms with Gasteiger partial charge in [-0.15, -0.1) is 12.4 Å². The predicted octanol–water partition coefficient (Wildman–Crippen LogP) is 1.89. The second-order valence-electron chi connectivity index (χ2n) is 6.29. The predicted molar refractivity (Wildman–Crippen MR) is 96.7 cm³/mol. The minimum absolute atomic E-state index is 0. The largest absolute Gasteiger partial charge is 0.349 e. The normalized spacial score (nSPS) is 23.4. The highest BCUT2D eigenvalue weighted by Gasteiger charge is 2.26. The van der Waals surface area contributed by atoms with E-state index in [2.05, 4.69) is 10.6 Å². The Balaban J connectivity index is 0.00000208. The number of hydrogen-bond donors (Lipinski definition) is 3. The van der Waals surface area contributed by atoms with E-state index in [0.29, 0.717) is 31.1 Å². The molecule has 24 heavy (non-hydrogen) atoms. The summed E-state index contributed by atoms with van der Waals surface area (Å²) in [5, 5.41) is 5.89. The third-order valence-corrected chi connectivity index (χ3v) is 4.83. The maximum atomic E-state index is 12.4. The third kappa shape index (κ3) is 3.99. The van der Waals surface area contributed by atoms with Crippen molar-refractivity contribution in [3.63, 3.8) is 0 Å². The minimum atomic E-state index is -0.0878. The number of nitrogens with one attached hydrogen (secondary N) is 2. The molecule has 0 radical (unpaired) electrons. The Kier molecular flexibility index (Phi) is 6.45. The molecular formula is C17H25ClN4O2. The summed E-state index contributed by atoms with van der Waals surface area (Å²) in [6, 6.07) is 7.27. The zero-order valence-corrected chi connectivity index (χ0v) is 14.5. The van der Waals surface area contributed by atoms with Gasteiger partial charge in [0.25, 0.3) is 5.91 Å². The smallest absolute Gasteiger partial charge is 0.321 e. The summed E-state index contributed by atoms with van der Waals surface area (Å²) in [6.07, 6.45) is 4.43. The molecule has 1 aliphatic heterocycles. The maximum absolute atomic E-state index is 12.4. The van der Waals surface area contributed by atoms with E-state index in [4.69, 9.17) is 5.73 Å². The van der Waals surface area contributed by atoms with Crippen molar-refractivity contribution in [3.05, 3.63) is 29.8 Å². The number of hydrogen-bond acceptors (Lipinski definition) is 3. The molecule has 2 unspecified atom stereocenters. The summed E-state index contributed by atoms with van der Waals surface area (Å²) in [5.74, 6) is 0.313. The van der Waals surface area contributed by atoms with Crippen LogP contribution in [0.4, 0.5) is 10.5 Å². The van der Waals surface area contributed by atoms with E-state index < -0.39 is 0 Å². The number of nitrogens with zero attached hydrogens (tertiary/aromatic N) is 1. The van der Waals surface area contributed by atoms with Crippen LogP contribution in [0, 0.1) is 5.92 Å². The number of carbonyl (C=O) groups is 2. The lowest BCUT2D eigenvalue weighted by Gasteiger charge is -2.31. The van der Waals surface area contributed by atoms with E-state index in [1.165, 1.54) is 6.42 Å². The van der Waals surface area contributed by atoms with Crippen molar-refractivity contribution >= 4 is 30.0 Å². The number of benzene rings is 1. The number of nitrogens with two attached hydrogens (primary N) is 1. The maximum Gasteiger partial charge on any atom is 0.321 e. The molecule has 2 fully saturated rings. The first-order valence-electron chi connectivity index (χ1n) is 8.35. The SMILES string of the molecule is Cl.NCC1CCCCC1NC(=O)c1ccc(N2CCNC2=O)cc1. The van der Waals surface area contributed by atoms with Crippen molar-refractivity contribution in [2.45, 2.75) is 31.7 Å². The van der Waals surface area contributed by atoms with E-state index in [-0.39, 0.29) is 30.4 Å². The molecule has 0 aromatic heterocycles. The van der Waals surface area contributed by atoms with Gasteiger partial charge >= 0.3 is 6.03 Å². The van der Waals surface area contributed by atoms with Crippen LogP contribution >= 0.6 is 12.4 Å². The molecule has 6 nitrogen and oxygen atoms in total. The molecule has 3 amide bonds. The molecule has 1 aliphatic carbocycles. The lowest BCUT2D eigenvalue weighted by molar-refractivity contribution is 0.0908. The Hall–Kier alpha value is -1.79. The van der Waals surface area contributed by atoms with Crippen molar-refractivity contribution in [1.82, 2.24) is 10.6 Å². The van der Waals surface area contributed by atoms with Gasteiger partial charge in [0.05, 0.1) is 0 Å². The number of rotatable bonds is 4. The molecule has 7 heteroatoms. The summed E-state index contributed by atoms with van der Waals surface area (Å²) >= 11 is 0. The molecule has 2 aliphatic rings. The summed E-state index contributed by atoms with van der Waals surface area (Å²) in [5.41, 5.74) is 7.25. The van der Waals surface area contributed by atoms with Gasteiger partial charge in [-0.3, -0.25) is 9.69 Å². The fourth-order valence-corrected chi connectivity index (χ4v) is 3.44. The van der Waals surface area contributed by atoms with Crippen molar-refractivity contribution in [3.8, 4) is 0 Å². The molecule has 1 heterocycles. The molecule has 3 rings (SSSR count). The van der Waals surface area contributed by atoms with E-state index in [0.717, 1.165) is 24.9 Å². The van der Waals surface area contributed by atoms with E-state index in [9.17, 15) is 9.59 Å². The number of urea groups is 1. The van der Waals surface area contributed by atoms with Crippen LogP contribution in [0.3, 0.4) is 0 Å². The fraction of sp³-hybridized carbons (Fsp3) is 0.529. The Morgan fingerprint density at radius 2 is 1.96 bits per heavy atom. The van der Waals surface area contributed by atoms with Gasteiger partial charge in [0.15, 0.2) is 0 Å². The van der Waals surface area contributed by atoms with E-state index in [1.807, 2.05) is 12.1 Å². The van der Waals surface area contributed by atoms with Crippen LogP contribution in [-0.2, 0) is 0 Å². The van der Waals surface area contributed by atoms with Crippen molar-refractivity contribution in [2.75, 3.05) is 24.5 Å². The van der Waals surface area contributed by atoms with Crippen molar-refractivity contribution in [1.29, 1.82) is 0 Å². The molecule has 4 N–H and O–H groups in total. The van der Waals surface area contributed by atoms with Gasteiger partial charge in [0.2, 0.25) is 0 Å². The van der Waals surface area contributed by atoms with Gasteiger partial charge in [0.1, 0.15) is 0 Å². The summed E-state index contributed by atoms with van der Waals surface area (Å²) in [4.78, 5) is 25.7. The van der Waals surface area contributed by atoms with Gasteiger partial charge in [-0.2, -0.15) is 0 Å². The summed E-state index contributed by atoms with van der Waals surface area (Å²) in [6.45, 7) is 1.93. The third-order valence-electron chi connectivity index (χ3n) is 4.83. The monoisotopic (exact) mass is 352 g/mol. The second-order valence-corrected chi connectivity index (χ2v) is 6.29. The number of amides is 3. The van der Waals surface area contributed by atoms with Crippen LogP contribution in [0.25, 0.3) is 0 Å². The molecule has 0 bridgehead atoms. The fourth-order valence-electron chi connectivity index (χ4n) is 3.44. The highest BCUT2D eigenvalue weighted by atomic mass is 35.5. The average molecular weight is 353 g/mol. The van der Waals surface area contributed by atoms with Crippen LogP contribution in [-0.4, -0.2) is 37.6 Å². The Morgan fingerprint density at radius 3 is 2.58 bits per heavy atom. The highest BCUT2D eigenvalue weighted by molar-refractivity contribution is 5.97. The first-order chi connectivity index (χ1) is 11.2. The molecule has 0 spiro atoms. The second kappa shape index (κ2) is 8.35. The van der Waals surface area contributed by atoms with Gasteiger partial charge in [0, 0.05) is 30.4 Å². The average Bonchev–Trinajstić information content (AvgIpc) is 3.01. The number of halogens is 1. The lowest BCUT2D eigenvalue weighted by Crippen LogP contribution is -2.44. The zero-order chi connectivity index (χ0) is 16.2. The van der Waals surface area contributed by atoms with Gasteiger partial charge in [-0.1, -0.05) is 12.8 Å². The van der Waals surface area contributed by atoms with Crippen LogP contribution in [0.15, 0.2) is 24.3 Å². The Morgan fingerprint density at radius 1 is 1.25 bits per heavy atom. The lowest BCUT2D eigenvalue weighted by atomic mass is 9.84. The first kappa shape index (κ1) is 18.5. The topological polar surface area (TPSA) is 87.5 Å². The van der Waals surface area contributed by atoms with E-state index >= 15 is 0 Å². The highest BCUT2D eigenvalue weighted by Crippen LogP contribution is 2.24. The quantitative estimate of drug-likeness (QED) is 0.773. The summed E-state index contributed by atoms with van der Waals surface area (Å²) < 4.78 is 0. The van der Waals surface area contributed by atoms with Gasteiger partial charge in [-0.05, 0) is 49.6 Å². The zero-order valence-electron chi connectivity index (χ0n) is 13.7. The Labute approximate surface area is 148 Å². The Bertz CT molecular complexity index is 578. The number of anilines is 1. The van der Waals surface area contributed by atoms with Crippen LogP contribution in [0.5, 0.6) is 0 Å². The molecule has 132 valence electrons. The van der Waals surface area contributed by atoms with E-state index in [1.54, 1.807) is 17.0 Å². The molecule has 2 atom stereocenters. The summed E-state index contributed by atoms with van der Waals surface area (Å²) in [7, 11) is 0. The van der Waals surface area contributed by atoms with Gasteiger partial charge in [-0.25, -0.2) is 4.79 Å². The molecule has 1 saturated heterocycles. The first-order valence-corrected chi connectivity index (χ1v) is 8.35. The molecule has 1 saturated carbocycles. The minimum Gasteiger partial charge on any atom is -0.349 e. The van der Waals surface area contributed by atoms with Gasteiger partial charge < -0.3 is 16.4 Å². The molecular weight excluding hydrogens is 328 g/mol. The van der Waals surface area contributed by atoms with Crippen molar-refractivity contribution in [2.24, 2.45) is 11.7 Å². The van der Waals surface area contributed by atoms with Crippen LogP contribution < -0.4 is 21.3 Å². The van der Waals surface area contributed by atoms with Crippen LogP contribution in [0.1, 0.15) is 36.0 Å². The molecule has 1 aromatic carbocycles. The molecule has 1 aromatic rings. The standard InChI is InChI=1S/C17H24N4O2.ClH/c18-11-13-3-1-2-4-15(13)20-16(22)12-5-7-14(8-6-12)21-10-9-19-17(21)23;/h5-8,13,15H,1-4,9-11,18H2,(H,19,23)(H,20,22);1H. The number of carbonyl (C=O) groups excluding carboxylic acids is 2.